The van der Waals surface area contributed by atoms with E-state index in [1.165, 1.54) is 36.8 Å². The Morgan fingerprint density at radius 1 is 1.28 bits per heavy atom. The maximum atomic E-state index is 6.39. The number of hydrogen-bond acceptors (Lipinski definition) is 2. The Hall–Kier alpha value is -1.35. The topological polar surface area (TPSA) is 43.8 Å². The third-order valence-corrected chi connectivity index (χ3v) is 4.21. The molecule has 3 nitrogen and oxygen atoms in total. The van der Waals surface area contributed by atoms with Crippen LogP contribution in [0.4, 0.5) is 0 Å². The van der Waals surface area contributed by atoms with Crippen molar-refractivity contribution in [2.45, 2.75) is 44.7 Å². The van der Waals surface area contributed by atoms with Gasteiger partial charge in [0.15, 0.2) is 0 Å². The van der Waals surface area contributed by atoms with Crippen LogP contribution >= 0.6 is 0 Å². The molecular weight excluding hydrogens is 222 g/mol. The van der Waals surface area contributed by atoms with Crippen LogP contribution in [-0.2, 0) is 0 Å². The van der Waals surface area contributed by atoms with Crippen LogP contribution in [0.3, 0.4) is 0 Å². The van der Waals surface area contributed by atoms with E-state index in [-0.39, 0.29) is 6.04 Å². The minimum absolute atomic E-state index is 0.137. The molecule has 2 aliphatic carbocycles. The third kappa shape index (κ3) is 1.57. The zero-order chi connectivity index (χ0) is 12.3. The highest BCUT2D eigenvalue weighted by atomic mass is 15.2. The summed E-state index contributed by atoms with van der Waals surface area (Å²) in [5.41, 5.74) is 10.0. The van der Waals surface area contributed by atoms with E-state index in [1.807, 2.05) is 0 Å². The Bertz CT molecular complexity index is 605. The highest BCUT2D eigenvalue weighted by molar-refractivity contribution is 5.77. The number of hydrogen-bond donors (Lipinski definition) is 1. The van der Waals surface area contributed by atoms with Crippen LogP contribution in [0.5, 0.6) is 0 Å². The molecule has 1 aromatic heterocycles. The van der Waals surface area contributed by atoms with Gasteiger partial charge in [-0.3, -0.25) is 0 Å². The molecule has 1 heterocycles. The molecule has 0 aliphatic heterocycles. The van der Waals surface area contributed by atoms with Crippen molar-refractivity contribution < 1.29 is 0 Å². The molecule has 2 saturated carbocycles. The molecule has 1 unspecified atom stereocenters. The van der Waals surface area contributed by atoms with Gasteiger partial charge in [0.05, 0.1) is 17.1 Å². The van der Waals surface area contributed by atoms with Crippen molar-refractivity contribution in [3.05, 3.63) is 29.6 Å². The van der Waals surface area contributed by atoms with Crippen molar-refractivity contribution in [2.75, 3.05) is 0 Å². The lowest BCUT2D eigenvalue weighted by atomic mass is 10.2. The fourth-order valence-electron chi connectivity index (χ4n) is 2.85. The number of rotatable bonds is 3. The first-order valence-corrected chi connectivity index (χ1v) is 6.98. The van der Waals surface area contributed by atoms with Crippen molar-refractivity contribution >= 4 is 11.0 Å². The van der Waals surface area contributed by atoms with Crippen LogP contribution in [0.15, 0.2) is 18.2 Å². The van der Waals surface area contributed by atoms with Gasteiger partial charge in [0.2, 0.25) is 0 Å². The van der Waals surface area contributed by atoms with E-state index in [2.05, 4.69) is 29.7 Å². The van der Waals surface area contributed by atoms with E-state index < -0.39 is 0 Å². The number of aromatic nitrogens is 2. The molecule has 2 N–H and O–H groups in total. The normalized spacial score (nSPS) is 21.4. The number of nitrogens with zero attached hydrogens (tertiary/aromatic N) is 2. The Kier molecular flexibility index (Phi) is 2.10. The largest absolute Gasteiger partial charge is 0.324 e. The average molecular weight is 241 g/mol. The lowest BCUT2D eigenvalue weighted by Crippen LogP contribution is -2.18. The number of aryl methyl sites for hydroxylation is 1. The third-order valence-electron chi connectivity index (χ3n) is 4.21. The number of fused-ring (bicyclic) bond motifs is 1. The van der Waals surface area contributed by atoms with Gasteiger partial charge in [-0.2, -0.15) is 0 Å². The molecule has 2 aliphatic rings. The minimum atomic E-state index is 0.137. The number of benzene rings is 1. The summed E-state index contributed by atoms with van der Waals surface area (Å²) in [5, 5.41) is 0. The monoisotopic (exact) mass is 241 g/mol. The first-order chi connectivity index (χ1) is 8.74. The number of nitrogens with two attached hydrogens (primary N) is 1. The first kappa shape index (κ1) is 10.6. The van der Waals surface area contributed by atoms with Crippen molar-refractivity contribution in [3.8, 4) is 0 Å². The summed E-state index contributed by atoms with van der Waals surface area (Å²) in [6, 6.07) is 7.35. The summed E-state index contributed by atoms with van der Waals surface area (Å²) < 4.78 is 2.41. The summed E-state index contributed by atoms with van der Waals surface area (Å²) in [5.74, 6) is 1.79. The van der Waals surface area contributed by atoms with Crippen LogP contribution < -0.4 is 5.73 Å². The van der Waals surface area contributed by atoms with Crippen LogP contribution in [0, 0.1) is 12.8 Å². The molecule has 0 radical (unpaired) electrons. The summed E-state index contributed by atoms with van der Waals surface area (Å²) >= 11 is 0. The van der Waals surface area contributed by atoms with Gasteiger partial charge in [-0.15, -0.1) is 0 Å². The SMILES string of the molecule is Cc1ccc2c(c1)nc(C(N)C1CC1)n2C1CC1. The van der Waals surface area contributed by atoms with Crippen LogP contribution in [0.25, 0.3) is 11.0 Å². The molecule has 2 fully saturated rings. The van der Waals surface area contributed by atoms with E-state index in [0.717, 1.165) is 11.3 Å². The Morgan fingerprint density at radius 3 is 2.72 bits per heavy atom. The van der Waals surface area contributed by atoms with E-state index in [9.17, 15) is 0 Å². The zero-order valence-corrected chi connectivity index (χ0v) is 10.8. The van der Waals surface area contributed by atoms with Crippen molar-refractivity contribution in [2.24, 2.45) is 11.7 Å². The number of imidazole rings is 1. The van der Waals surface area contributed by atoms with Gasteiger partial charge in [0.25, 0.3) is 0 Å². The van der Waals surface area contributed by atoms with Crippen molar-refractivity contribution in [1.82, 2.24) is 9.55 Å². The molecule has 1 aromatic carbocycles. The Morgan fingerprint density at radius 2 is 2.06 bits per heavy atom. The van der Waals surface area contributed by atoms with E-state index >= 15 is 0 Å². The lowest BCUT2D eigenvalue weighted by Gasteiger charge is -2.13. The first-order valence-electron chi connectivity index (χ1n) is 6.98. The molecule has 4 rings (SSSR count). The highest BCUT2D eigenvalue weighted by Crippen LogP contribution is 2.44. The van der Waals surface area contributed by atoms with Gasteiger partial charge in [-0.25, -0.2) is 4.98 Å². The molecule has 1 atom stereocenters. The fourth-order valence-corrected chi connectivity index (χ4v) is 2.85. The Labute approximate surface area is 107 Å². The van der Waals surface area contributed by atoms with Gasteiger partial charge >= 0.3 is 0 Å². The standard InChI is InChI=1S/C15H19N3/c1-9-2-7-13-12(8-9)17-15(14(16)10-3-4-10)18(13)11-5-6-11/h2,7-8,10-11,14H,3-6,16H2,1H3. The molecule has 0 bridgehead atoms. The summed E-state index contributed by atoms with van der Waals surface area (Å²) in [7, 11) is 0. The molecule has 0 amide bonds. The van der Waals surface area contributed by atoms with Crippen LogP contribution in [0.2, 0.25) is 0 Å². The van der Waals surface area contributed by atoms with Crippen molar-refractivity contribution in [3.63, 3.8) is 0 Å². The molecule has 0 spiro atoms. The van der Waals surface area contributed by atoms with Gasteiger partial charge in [-0.1, -0.05) is 6.07 Å². The molecule has 18 heavy (non-hydrogen) atoms. The maximum absolute atomic E-state index is 6.39. The summed E-state index contributed by atoms with van der Waals surface area (Å²) in [4.78, 5) is 4.83. The quantitative estimate of drug-likeness (QED) is 0.897. The van der Waals surface area contributed by atoms with Crippen LogP contribution in [-0.4, -0.2) is 9.55 Å². The predicted octanol–water partition coefficient (Wildman–Crippen LogP) is 3.09. The summed E-state index contributed by atoms with van der Waals surface area (Å²) in [6.45, 7) is 2.12. The fraction of sp³-hybridized carbons (Fsp3) is 0.533. The minimum Gasteiger partial charge on any atom is -0.324 e. The van der Waals surface area contributed by atoms with Gasteiger partial charge in [0, 0.05) is 6.04 Å². The molecule has 3 heteroatoms. The van der Waals surface area contributed by atoms with Gasteiger partial charge in [-0.05, 0) is 56.2 Å². The van der Waals surface area contributed by atoms with E-state index in [4.69, 9.17) is 10.7 Å². The Balaban J connectivity index is 1.91. The van der Waals surface area contributed by atoms with Gasteiger partial charge in [0.1, 0.15) is 5.82 Å². The maximum Gasteiger partial charge on any atom is 0.127 e. The molecule has 94 valence electrons. The molecule has 0 saturated heterocycles. The smallest absolute Gasteiger partial charge is 0.127 e. The van der Waals surface area contributed by atoms with E-state index in [1.54, 1.807) is 0 Å². The predicted molar refractivity (Wildman–Crippen MR) is 72.4 cm³/mol. The second kappa shape index (κ2) is 3.58. The van der Waals surface area contributed by atoms with E-state index in [0.29, 0.717) is 12.0 Å². The second-order valence-corrected chi connectivity index (χ2v) is 5.93. The van der Waals surface area contributed by atoms with Gasteiger partial charge < -0.3 is 10.3 Å². The molecular formula is C15H19N3. The van der Waals surface area contributed by atoms with Crippen molar-refractivity contribution in [1.29, 1.82) is 0 Å². The zero-order valence-electron chi connectivity index (χ0n) is 10.8. The average Bonchev–Trinajstić information content (AvgIpc) is 3.22. The summed E-state index contributed by atoms with van der Waals surface area (Å²) in [6.07, 6.45) is 5.11. The lowest BCUT2D eigenvalue weighted by molar-refractivity contribution is 0.552. The second-order valence-electron chi connectivity index (χ2n) is 5.93. The van der Waals surface area contributed by atoms with Crippen LogP contribution in [0.1, 0.15) is 49.2 Å². The highest BCUT2D eigenvalue weighted by Gasteiger charge is 2.36. The molecule has 2 aromatic rings.